The Hall–Kier alpha value is -0.120. The van der Waals surface area contributed by atoms with Gasteiger partial charge in [0.05, 0.1) is 0 Å². The van der Waals surface area contributed by atoms with Crippen LogP contribution >= 0.6 is 0 Å². The Morgan fingerprint density at radius 3 is 2.82 bits per heavy atom. The quantitative estimate of drug-likeness (QED) is 0.684. The summed E-state index contributed by atoms with van der Waals surface area (Å²) in [6.45, 7) is 10.7. The highest BCUT2D eigenvalue weighted by molar-refractivity contribution is 4.79. The lowest BCUT2D eigenvalue weighted by Gasteiger charge is -2.37. The second-order valence-corrected chi connectivity index (χ2v) is 5.83. The van der Waals surface area contributed by atoms with Gasteiger partial charge in [-0.2, -0.15) is 0 Å². The molecule has 0 aliphatic carbocycles. The summed E-state index contributed by atoms with van der Waals surface area (Å²) >= 11 is 0. The van der Waals surface area contributed by atoms with E-state index in [0.717, 1.165) is 25.0 Å². The molecule has 0 amide bonds. The third kappa shape index (κ3) is 5.84. The van der Waals surface area contributed by atoms with Crippen molar-refractivity contribution in [3.63, 3.8) is 0 Å². The van der Waals surface area contributed by atoms with Gasteiger partial charge in [0.25, 0.3) is 0 Å². The van der Waals surface area contributed by atoms with Crippen molar-refractivity contribution >= 4 is 0 Å². The highest BCUT2D eigenvalue weighted by Gasteiger charge is 2.22. The summed E-state index contributed by atoms with van der Waals surface area (Å²) in [6.07, 6.45) is 3.96. The van der Waals surface area contributed by atoms with E-state index < -0.39 is 0 Å². The number of likely N-dealkylation sites (N-methyl/N-ethyl adjacent to an activating group) is 1. The number of hydrogen-bond acceptors (Lipinski definition) is 3. The van der Waals surface area contributed by atoms with Gasteiger partial charge in [-0.15, -0.1) is 0 Å². The van der Waals surface area contributed by atoms with Gasteiger partial charge in [-0.25, -0.2) is 0 Å². The lowest BCUT2D eigenvalue weighted by molar-refractivity contribution is 0.120. The molecule has 2 atom stereocenters. The Balaban J connectivity index is 2.21. The maximum Gasteiger partial charge on any atom is 0.0217 e. The van der Waals surface area contributed by atoms with Crippen molar-refractivity contribution in [1.29, 1.82) is 0 Å². The predicted molar refractivity (Wildman–Crippen MR) is 75.5 cm³/mol. The van der Waals surface area contributed by atoms with E-state index in [9.17, 15) is 0 Å². The molecule has 1 aliphatic rings. The third-order valence-corrected chi connectivity index (χ3v) is 3.70. The second kappa shape index (κ2) is 8.06. The van der Waals surface area contributed by atoms with E-state index in [0.29, 0.717) is 0 Å². The van der Waals surface area contributed by atoms with Crippen molar-refractivity contribution in [2.24, 2.45) is 5.92 Å². The zero-order valence-corrected chi connectivity index (χ0v) is 12.2. The lowest BCUT2D eigenvalue weighted by Crippen LogP contribution is -2.47. The van der Waals surface area contributed by atoms with Crippen molar-refractivity contribution in [3.05, 3.63) is 0 Å². The fraction of sp³-hybridized carbons (Fsp3) is 1.00. The van der Waals surface area contributed by atoms with E-state index in [1.54, 1.807) is 0 Å². The van der Waals surface area contributed by atoms with Crippen LogP contribution in [-0.2, 0) is 0 Å². The summed E-state index contributed by atoms with van der Waals surface area (Å²) in [4.78, 5) is 5.03. The van der Waals surface area contributed by atoms with Crippen LogP contribution in [0, 0.1) is 5.92 Å². The first-order valence-electron chi connectivity index (χ1n) is 7.23. The van der Waals surface area contributed by atoms with Gasteiger partial charge in [-0.1, -0.05) is 13.8 Å². The van der Waals surface area contributed by atoms with Gasteiger partial charge in [0.15, 0.2) is 0 Å². The van der Waals surface area contributed by atoms with E-state index in [4.69, 9.17) is 0 Å². The maximum absolute atomic E-state index is 3.52. The summed E-state index contributed by atoms with van der Waals surface area (Å²) in [5.41, 5.74) is 0. The first-order valence-corrected chi connectivity index (χ1v) is 7.23. The average molecular weight is 241 g/mol. The van der Waals surface area contributed by atoms with Gasteiger partial charge in [0.2, 0.25) is 0 Å². The van der Waals surface area contributed by atoms with Crippen LogP contribution in [0.1, 0.15) is 33.1 Å². The standard InChI is InChI=1S/C14H31N3/c1-5-8-15-10-13(2)11-17-9-6-7-14(12-17)16(3)4/h13-15H,5-12H2,1-4H3. The van der Waals surface area contributed by atoms with Crippen LogP contribution in [0.15, 0.2) is 0 Å². The molecular formula is C14H31N3. The van der Waals surface area contributed by atoms with Crippen LogP contribution in [0.4, 0.5) is 0 Å². The number of likely N-dealkylation sites (tertiary alicyclic amines) is 1. The molecule has 1 aliphatic heterocycles. The number of rotatable bonds is 7. The average Bonchev–Trinajstić information content (AvgIpc) is 2.29. The molecule has 0 radical (unpaired) electrons. The minimum absolute atomic E-state index is 0.763. The van der Waals surface area contributed by atoms with E-state index in [1.807, 2.05) is 0 Å². The molecule has 0 bridgehead atoms. The zero-order valence-electron chi connectivity index (χ0n) is 12.2. The Labute approximate surface area is 108 Å². The van der Waals surface area contributed by atoms with E-state index in [2.05, 4.69) is 43.1 Å². The van der Waals surface area contributed by atoms with Crippen molar-refractivity contribution in [3.8, 4) is 0 Å². The molecule has 102 valence electrons. The van der Waals surface area contributed by atoms with Gasteiger partial charge < -0.3 is 15.1 Å². The molecule has 3 heteroatoms. The zero-order chi connectivity index (χ0) is 12.7. The Kier molecular flexibility index (Phi) is 7.09. The second-order valence-electron chi connectivity index (χ2n) is 5.83. The largest absolute Gasteiger partial charge is 0.316 e. The number of nitrogens with zero attached hydrogens (tertiary/aromatic N) is 2. The van der Waals surface area contributed by atoms with Gasteiger partial charge in [0, 0.05) is 19.1 Å². The van der Waals surface area contributed by atoms with E-state index >= 15 is 0 Å². The monoisotopic (exact) mass is 241 g/mol. The van der Waals surface area contributed by atoms with E-state index in [1.165, 1.54) is 38.9 Å². The minimum atomic E-state index is 0.763. The van der Waals surface area contributed by atoms with Crippen LogP contribution < -0.4 is 5.32 Å². The lowest BCUT2D eigenvalue weighted by atomic mass is 10.0. The summed E-state index contributed by atoms with van der Waals surface area (Å²) < 4.78 is 0. The topological polar surface area (TPSA) is 18.5 Å². The van der Waals surface area contributed by atoms with Crippen molar-refractivity contribution < 1.29 is 0 Å². The van der Waals surface area contributed by atoms with Crippen LogP contribution in [0.25, 0.3) is 0 Å². The molecule has 17 heavy (non-hydrogen) atoms. The van der Waals surface area contributed by atoms with Crippen molar-refractivity contribution in [2.45, 2.75) is 39.2 Å². The van der Waals surface area contributed by atoms with Crippen LogP contribution in [-0.4, -0.2) is 62.7 Å². The van der Waals surface area contributed by atoms with Crippen LogP contribution in [0.2, 0.25) is 0 Å². The third-order valence-electron chi connectivity index (χ3n) is 3.70. The predicted octanol–water partition coefficient (Wildman–Crippen LogP) is 1.65. The molecule has 1 heterocycles. The summed E-state index contributed by atoms with van der Waals surface area (Å²) in [5.74, 6) is 0.766. The maximum atomic E-state index is 3.52. The number of nitrogens with one attached hydrogen (secondary N) is 1. The van der Waals surface area contributed by atoms with Gasteiger partial charge in [-0.05, 0) is 58.9 Å². The number of piperidine rings is 1. The molecule has 2 unspecified atom stereocenters. The SMILES string of the molecule is CCCNCC(C)CN1CCCC(N(C)C)C1. The summed E-state index contributed by atoms with van der Waals surface area (Å²) in [6, 6.07) is 0.763. The van der Waals surface area contributed by atoms with Crippen LogP contribution in [0.5, 0.6) is 0 Å². The molecule has 0 spiro atoms. The van der Waals surface area contributed by atoms with Crippen molar-refractivity contribution in [1.82, 2.24) is 15.1 Å². The molecule has 0 aromatic heterocycles. The highest BCUT2D eigenvalue weighted by atomic mass is 15.2. The fourth-order valence-corrected chi connectivity index (χ4v) is 2.65. The molecule has 1 fully saturated rings. The molecule has 1 N–H and O–H groups in total. The van der Waals surface area contributed by atoms with E-state index in [-0.39, 0.29) is 0 Å². The smallest absolute Gasteiger partial charge is 0.0217 e. The normalized spacial score (nSPS) is 24.2. The molecule has 1 rings (SSSR count). The molecule has 1 saturated heterocycles. The first-order chi connectivity index (χ1) is 8.13. The minimum Gasteiger partial charge on any atom is -0.316 e. The Bertz CT molecular complexity index is 194. The summed E-state index contributed by atoms with van der Waals surface area (Å²) in [7, 11) is 4.42. The van der Waals surface area contributed by atoms with Gasteiger partial charge in [0.1, 0.15) is 0 Å². The van der Waals surface area contributed by atoms with Gasteiger partial charge in [-0.3, -0.25) is 0 Å². The summed E-state index contributed by atoms with van der Waals surface area (Å²) in [5, 5.41) is 3.52. The first kappa shape index (κ1) is 14.9. The Morgan fingerprint density at radius 2 is 2.18 bits per heavy atom. The fourth-order valence-electron chi connectivity index (χ4n) is 2.65. The van der Waals surface area contributed by atoms with Crippen LogP contribution in [0.3, 0.4) is 0 Å². The molecule has 0 saturated carbocycles. The molecule has 0 aromatic rings. The number of hydrogen-bond donors (Lipinski definition) is 1. The highest BCUT2D eigenvalue weighted by Crippen LogP contribution is 2.14. The Morgan fingerprint density at radius 1 is 1.41 bits per heavy atom. The van der Waals surface area contributed by atoms with Crippen molar-refractivity contribution in [2.75, 3.05) is 46.8 Å². The molecule has 0 aromatic carbocycles. The van der Waals surface area contributed by atoms with Gasteiger partial charge >= 0.3 is 0 Å². The molecular weight excluding hydrogens is 210 g/mol. The molecule has 3 nitrogen and oxygen atoms in total.